The van der Waals surface area contributed by atoms with Crippen LogP contribution in [0, 0.1) is 5.92 Å². The molecule has 1 heterocycles. The van der Waals surface area contributed by atoms with Crippen molar-refractivity contribution in [2.24, 2.45) is 5.92 Å². The Labute approximate surface area is 113 Å². The lowest BCUT2D eigenvalue weighted by Crippen LogP contribution is -2.24. The van der Waals surface area contributed by atoms with Crippen LogP contribution in [0.15, 0.2) is 12.1 Å². The molecule has 1 fully saturated rings. The predicted molar refractivity (Wildman–Crippen MR) is 78.2 cm³/mol. The third-order valence-electron chi connectivity index (χ3n) is 4.37. The number of carbonyl (C=O) groups is 1. The van der Waals surface area contributed by atoms with Gasteiger partial charge < -0.3 is 16.4 Å². The van der Waals surface area contributed by atoms with Crippen LogP contribution in [0.3, 0.4) is 0 Å². The highest BCUT2D eigenvalue weighted by molar-refractivity contribution is 5.95. The normalized spacial score (nSPS) is 25.8. The van der Waals surface area contributed by atoms with E-state index in [2.05, 4.69) is 23.6 Å². The Balaban J connectivity index is 1.84. The van der Waals surface area contributed by atoms with Gasteiger partial charge in [0.2, 0.25) is 5.91 Å². The van der Waals surface area contributed by atoms with E-state index in [9.17, 15) is 4.79 Å². The minimum atomic E-state index is 0.0806. The minimum absolute atomic E-state index is 0.0806. The second-order valence-electron chi connectivity index (χ2n) is 5.80. The van der Waals surface area contributed by atoms with Crippen LogP contribution in [0.4, 0.5) is 17.1 Å². The molecular weight excluding hydrogens is 238 g/mol. The van der Waals surface area contributed by atoms with E-state index in [-0.39, 0.29) is 5.91 Å². The Bertz CT molecular complexity index is 512. The average Bonchev–Trinajstić information content (AvgIpc) is 2.76. The van der Waals surface area contributed by atoms with Crippen molar-refractivity contribution in [3.8, 4) is 0 Å². The zero-order valence-electron chi connectivity index (χ0n) is 11.3. The van der Waals surface area contributed by atoms with Gasteiger partial charge in [-0.3, -0.25) is 4.79 Å². The van der Waals surface area contributed by atoms with Gasteiger partial charge in [-0.05, 0) is 42.9 Å². The van der Waals surface area contributed by atoms with Crippen molar-refractivity contribution in [1.29, 1.82) is 0 Å². The summed E-state index contributed by atoms with van der Waals surface area (Å²) in [4.78, 5) is 11.4. The third kappa shape index (κ3) is 2.39. The van der Waals surface area contributed by atoms with Gasteiger partial charge in [0.05, 0.1) is 11.4 Å². The highest BCUT2D eigenvalue weighted by atomic mass is 16.1. The molecule has 4 heteroatoms. The molecule has 102 valence electrons. The molecule has 0 bridgehead atoms. The van der Waals surface area contributed by atoms with Crippen LogP contribution in [-0.2, 0) is 11.2 Å². The summed E-state index contributed by atoms with van der Waals surface area (Å²) in [7, 11) is 0. The summed E-state index contributed by atoms with van der Waals surface area (Å²) in [5.41, 5.74) is 9.90. The van der Waals surface area contributed by atoms with E-state index < -0.39 is 0 Å². The van der Waals surface area contributed by atoms with Gasteiger partial charge in [-0.15, -0.1) is 0 Å². The van der Waals surface area contributed by atoms with E-state index in [1.807, 2.05) is 6.07 Å². The molecule has 19 heavy (non-hydrogen) atoms. The van der Waals surface area contributed by atoms with Crippen molar-refractivity contribution < 1.29 is 4.79 Å². The first-order valence-electron chi connectivity index (χ1n) is 7.12. The van der Waals surface area contributed by atoms with Gasteiger partial charge in [-0.2, -0.15) is 0 Å². The van der Waals surface area contributed by atoms with Gasteiger partial charge in [0.1, 0.15) is 0 Å². The highest BCUT2D eigenvalue weighted by Crippen LogP contribution is 2.34. The first kappa shape index (κ1) is 12.3. The van der Waals surface area contributed by atoms with Crippen LogP contribution < -0.4 is 16.4 Å². The molecule has 1 aromatic carbocycles. The molecule has 4 nitrogen and oxygen atoms in total. The molecule has 1 aliphatic carbocycles. The number of nitrogens with two attached hydrogens (primary N) is 1. The van der Waals surface area contributed by atoms with Crippen molar-refractivity contribution >= 4 is 23.0 Å². The Morgan fingerprint density at radius 1 is 1.32 bits per heavy atom. The standard InChI is InChI=1S/C15H21N3O/c1-9-3-2-4-12(9)17-14-7-10-5-6-15(19)18-13(10)8-11(14)16/h7-9,12,17H,2-6,16H2,1H3,(H,18,19). The molecular formula is C15H21N3O. The second kappa shape index (κ2) is 4.76. The van der Waals surface area contributed by atoms with Crippen LogP contribution in [-0.4, -0.2) is 11.9 Å². The Kier molecular flexibility index (Phi) is 3.09. The number of rotatable bonds is 2. The Hall–Kier alpha value is -1.71. The number of hydrogen-bond acceptors (Lipinski definition) is 3. The third-order valence-corrected chi connectivity index (χ3v) is 4.37. The molecule has 0 aromatic heterocycles. The smallest absolute Gasteiger partial charge is 0.224 e. The number of amides is 1. The van der Waals surface area contributed by atoms with Crippen LogP contribution >= 0.6 is 0 Å². The van der Waals surface area contributed by atoms with Crippen LogP contribution in [0.1, 0.15) is 38.2 Å². The van der Waals surface area contributed by atoms with Gasteiger partial charge in [0.25, 0.3) is 0 Å². The van der Waals surface area contributed by atoms with Gasteiger partial charge in [-0.25, -0.2) is 0 Å². The quantitative estimate of drug-likeness (QED) is 0.715. The Morgan fingerprint density at radius 2 is 2.16 bits per heavy atom. The molecule has 0 spiro atoms. The van der Waals surface area contributed by atoms with Crippen molar-refractivity contribution in [3.05, 3.63) is 17.7 Å². The lowest BCUT2D eigenvalue weighted by molar-refractivity contribution is -0.116. The van der Waals surface area contributed by atoms with E-state index in [4.69, 9.17) is 5.73 Å². The maximum atomic E-state index is 11.4. The van der Waals surface area contributed by atoms with Crippen LogP contribution in [0.5, 0.6) is 0 Å². The molecule has 1 aromatic rings. The topological polar surface area (TPSA) is 67.2 Å². The monoisotopic (exact) mass is 259 g/mol. The number of hydrogen-bond donors (Lipinski definition) is 3. The summed E-state index contributed by atoms with van der Waals surface area (Å²) in [6.45, 7) is 2.29. The molecule has 2 atom stereocenters. The summed E-state index contributed by atoms with van der Waals surface area (Å²) in [5.74, 6) is 0.784. The second-order valence-corrected chi connectivity index (χ2v) is 5.80. The van der Waals surface area contributed by atoms with E-state index in [0.717, 1.165) is 23.5 Å². The molecule has 3 rings (SSSR count). The van der Waals surface area contributed by atoms with Gasteiger partial charge in [-0.1, -0.05) is 13.3 Å². The molecule has 1 amide bonds. The highest BCUT2D eigenvalue weighted by Gasteiger charge is 2.24. The van der Waals surface area contributed by atoms with E-state index >= 15 is 0 Å². The maximum absolute atomic E-state index is 11.4. The van der Waals surface area contributed by atoms with Crippen molar-refractivity contribution in [3.63, 3.8) is 0 Å². The number of nitrogen functional groups attached to an aromatic ring is 1. The number of aryl methyl sites for hydroxylation is 1. The van der Waals surface area contributed by atoms with Crippen molar-refractivity contribution in [2.45, 2.75) is 45.1 Å². The van der Waals surface area contributed by atoms with Crippen molar-refractivity contribution in [1.82, 2.24) is 0 Å². The van der Waals surface area contributed by atoms with Crippen LogP contribution in [0.2, 0.25) is 0 Å². The van der Waals surface area contributed by atoms with Crippen molar-refractivity contribution in [2.75, 3.05) is 16.4 Å². The van der Waals surface area contributed by atoms with Gasteiger partial charge in [0.15, 0.2) is 0 Å². The summed E-state index contributed by atoms with van der Waals surface area (Å²) in [6.07, 6.45) is 5.17. The molecule has 2 unspecified atom stereocenters. The molecule has 0 saturated heterocycles. The Morgan fingerprint density at radius 3 is 2.89 bits per heavy atom. The van der Waals surface area contributed by atoms with E-state index in [0.29, 0.717) is 18.4 Å². The minimum Gasteiger partial charge on any atom is -0.397 e. The molecule has 0 radical (unpaired) electrons. The molecule has 4 N–H and O–H groups in total. The lowest BCUT2D eigenvalue weighted by atomic mass is 10.00. The zero-order valence-corrected chi connectivity index (χ0v) is 11.3. The number of benzene rings is 1. The predicted octanol–water partition coefficient (Wildman–Crippen LogP) is 2.75. The van der Waals surface area contributed by atoms with E-state index in [1.54, 1.807) is 0 Å². The summed E-state index contributed by atoms with van der Waals surface area (Å²) in [6, 6.07) is 4.52. The fourth-order valence-electron chi connectivity index (χ4n) is 3.13. The summed E-state index contributed by atoms with van der Waals surface area (Å²) >= 11 is 0. The fraction of sp³-hybridized carbons (Fsp3) is 0.533. The number of carbonyl (C=O) groups excluding carboxylic acids is 1. The molecule has 2 aliphatic rings. The first-order chi connectivity index (χ1) is 9.13. The first-order valence-corrected chi connectivity index (χ1v) is 7.12. The zero-order chi connectivity index (χ0) is 13.4. The fourth-order valence-corrected chi connectivity index (χ4v) is 3.13. The molecule has 1 saturated carbocycles. The largest absolute Gasteiger partial charge is 0.397 e. The van der Waals surface area contributed by atoms with E-state index in [1.165, 1.54) is 24.8 Å². The lowest BCUT2D eigenvalue weighted by Gasteiger charge is -2.23. The van der Waals surface area contributed by atoms with Gasteiger partial charge >= 0.3 is 0 Å². The molecule has 1 aliphatic heterocycles. The number of fused-ring (bicyclic) bond motifs is 1. The van der Waals surface area contributed by atoms with Gasteiger partial charge in [0, 0.05) is 18.2 Å². The maximum Gasteiger partial charge on any atom is 0.224 e. The number of nitrogens with one attached hydrogen (secondary N) is 2. The summed E-state index contributed by atoms with van der Waals surface area (Å²) < 4.78 is 0. The average molecular weight is 259 g/mol. The van der Waals surface area contributed by atoms with Crippen LogP contribution in [0.25, 0.3) is 0 Å². The summed E-state index contributed by atoms with van der Waals surface area (Å²) in [5, 5.41) is 6.47. The number of anilines is 3. The SMILES string of the molecule is CC1CCCC1Nc1cc2c(cc1N)NC(=O)CC2.